The zero-order valence-electron chi connectivity index (χ0n) is 13.0. The van der Waals surface area contributed by atoms with Gasteiger partial charge in [0.05, 0.1) is 48.3 Å². The monoisotopic (exact) mass is 360 g/mol. The van der Waals surface area contributed by atoms with Gasteiger partial charge in [-0.05, 0) is 29.5 Å². The lowest BCUT2D eigenvalue weighted by Crippen LogP contribution is -2.47. The second kappa shape index (κ2) is 8.24. The minimum Gasteiger partial charge on any atom is -0.383 e. The normalized spacial score (nSPS) is 21.6. The molecule has 21 heavy (non-hydrogen) atoms. The van der Waals surface area contributed by atoms with E-state index in [9.17, 15) is 0 Å². The molecule has 1 aromatic heterocycles. The van der Waals surface area contributed by atoms with E-state index in [1.165, 1.54) is 0 Å². The van der Waals surface area contributed by atoms with E-state index >= 15 is 0 Å². The molecule has 2 unspecified atom stereocenters. The van der Waals surface area contributed by atoms with Crippen molar-refractivity contribution >= 4 is 15.9 Å². The summed E-state index contributed by atoms with van der Waals surface area (Å²) in [5, 5.41) is 8.00. The summed E-state index contributed by atoms with van der Waals surface area (Å²) in [6.07, 6.45) is 1.97. The summed E-state index contributed by atoms with van der Waals surface area (Å²) in [6.45, 7) is 7.05. The molecule has 0 radical (unpaired) electrons. The lowest BCUT2D eigenvalue weighted by molar-refractivity contribution is -0.0407. The van der Waals surface area contributed by atoms with Gasteiger partial charge in [-0.3, -0.25) is 4.68 Å². The Kier molecular flexibility index (Phi) is 6.63. The van der Waals surface area contributed by atoms with Gasteiger partial charge in [-0.25, -0.2) is 0 Å². The van der Waals surface area contributed by atoms with E-state index in [1.807, 2.05) is 10.9 Å². The Labute approximate surface area is 134 Å². The van der Waals surface area contributed by atoms with E-state index in [0.29, 0.717) is 6.61 Å². The highest BCUT2D eigenvalue weighted by molar-refractivity contribution is 9.10. The third-order valence-corrected chi connectivity index (χ3v) is 4.34. The van der Waals surface area contributed by atoms with E-state index in [1.54, 1.807) is 7.11 Å². The van der Waals surface area contributed by atoms with Crippen LogP contribution in [0.15, 0.2) is 10.7 Å². The van der Waals surface area contributed by atoms with Crippen LogP contribution in [0.3, 0.4) is 0 Å². The SMILES string of the molecule is CCNC(c1c(Br)cnn1CCOC)C1CN(C)CCO1. The van der Waals surface area contributed by atoms with Crippen molar-refractivity contribution < 1.29 is 9.47 Å². The van der Waals surface area contributed by atoms with Crippen LogP contribution in [0.4, 0.5) is 0 Å². The van der Waals surface area contributed by atoms with Gasteiger partial charge in [0.2, 0.25) is 0 Å². The van der Waals surface area contributed by atoms with Crippen molar-refractivity contribution in [3.8, 4) is 0 Å². The second-order valence-electron chi connectivity index (χ2n) is 5.30. The number of nitrogens with zero attached hydrogens (tertiary/aromatic N) is 3. The zero-order chi connectivity index (χ0) is 15.2. The molecular formula is C14H25BrN4O2. The standard InChI is InChI=1S/C14H25BrN4O2/c1-4-16-13(12-10-18(2)5-8-21-12)14-11(15)9-17-19(14)6-7-20-3/h9,12-13,16H,4-8,10H2,1-3H3. The maximum absolute atomic E-state index is 6.00. The van der Waals surface area contributed by atoms with Gasteiger partial charge in [-0.15, -0.1) is 0 Å². The predicted octanol–water partition coefficient (Wildman–Crippen LogP) is 1.27. The predicted molar refractivity (Wildman–Crippen MR) is 85.5 cm³/mol. The Morgan fingerprint density at radius 3 is 3.10 bits per heavy atom. The topological polar surface area (TPSA) is 51.5 Å². The van der Waals surface area contributed by atoms with E-state index in [2.05, 4.69) is 45.2 Å². The van der Waals surface area contributed by atoms with Gasteiger partial charge in [-0.2, -0.15) is 5.10 Å². The third-order valence-electron chi connectivity index (χ3n) is 3.73. The lowest BCUT2D eigenvalue weighted by Gasteiger charge is -2.36. The maximum Gasteiger partial charge on any atom is 0.0912 e. The van der Waals surface area contributed by atoms with Crippen LogP contribution in [0, 0.1) is 0 Å². The van der Waals surface area contributed by atoms with E-state index < -0.39 is 0 Å². The van der Waals surface area contributed by atoms with Crippen LogP contribution in [-0.2, 0) is 16.0 Å². The fourth-order valence-corrected chi connectivity index (χ4v) is 3.22. The van der Waals surface area contributed by atoms with Crippen LogP contribution in [0.1, 0.15) is 18.7 Å². The molecule has 2 rings (SSSR count). The molecule has 2 heterocycles. The smallest absolute Gasteiger partial charge is 0.0912 e. The van der Waals surface area contributed by atoms with Crippen molar-refractivity contribution in [2.45, 2.75) is 25.6 Å². The third kappa shape index (κ3) is 4.26. The molecule has 0 aliphatic carbocycles. The Morgan fingerprint density at radius 1 is 1.62 bits per heavy atom. The number of halogens is 1. The molecular weight excluding hydrogens is 336 g/mol. The number of likely N-dealkylation sites (N-methyl/N-ethyl adjacent to an activating group) is 2. The Balaban J connectivity index is 2.22. The van der Waals surface area contributed by atoms with Crippen molar-refractivity contribution in [1.29, 1.82) is 0 Å². The van der Waals surface area contributed by atoms with Gasteiger partial charge in [0.1, 0.15) is 0 Å². The molecule has 1 N–H and O–H groups in total. The van der Waals surface area contributed by atoms with Crippen molar-refractivity contribution in [3.63, 3.8) is 0 Å². The van der Waals surface area contributed by atoms with Gasteiger partial charge in [0.25, 0.3) is 0 Å². The molecule has 1 fully saturated rings. The van der Waals surface area contributed by atoms with Gasteiger partial charge >= 0.3 is 0 Å². The summed E-state index contributed by atoms with van der Waals surface area (Å²) < 4.78 is 14.2. The first kappa shape index (κ1) is 16.9. The van der Waals surface area contributed by atoms with Crippen LogP contribution in [0.5, 0.6) is 0 Å². The molecule has 6 nitrogen and oxygen atoms in total. The minimum atomic E-state index is 0.117. The number of hydrogen-bond acceptors (Lipinski definition) is 5. The number of morpholine rings is 1. The number of methoxy groups -OCH3 is 1. The number of ether oxygens (including phenoxy) is 2. The molecule has 120 valence electrons. The largest absolute Gasteiger partial charge is 0.383 e. The molecule has 0 aromatic carbocycles. The first-order valence-electron chi connectivity index (χ1n) is 7.41. The number of hydrogen-bond donors (Lipinski definition) is 1. The summed E-state index contributed by atoms with van der Waals surface area (Å²) in [6, 6.07) is 0.117. The second-order valence-corrected chi connectivity index (χ2v) is 6.15. The quantitative estimate of drug-likeness (QED) is 0.793. The molecule has 0 spiro atoms. The number of nitrogens with one attached hydrogen (secondary N) is 1. The van der Waals surface area contributed by atoms with Gasteiger partial charge in [0, 0.05) is 20.2 Å². The summed E-state index contributed by atoms with van der Waals surface area (Å²) in [5.41, 5.74) is 1.13. The minimum absolute atomic E-state index is 0.117. The van der Waals surface area contributed by atoms with E-state index in [0.717, 1.165) is 43.0 Å². The molecule has 1 aliphatic rings. The molecule has 7 heteroatoms. The summed E-state index contributed by atoms with van der Waals surface area (Å²) in [5.74, 6) is 0. The molecule has 1 saturated heterocycles. The molecule has 0 amide bonds. The van der Waals surface area contributed by atoms with Crippen LogP contribution < -0.4 is 5.32 Å². The van der Waals surface area contributed by atoms with Crippen molar-refractivity contribution in [2.24, 2.45) is 0 Å². The van der Waals surface area contributed by atoms with Gasteiger partial charge in [0.15, 0.2) is 0 Å². The lowest BCUT2D eigenvalue weighted by atomic mass is 10.1. The van der Waals surface area contributed by atoms with Crippen LogP contribution in [-0.4, -0.2) is 67.8 Å². The highest BCUT2D eigenvalue weighted by atomic mass is 79.9. The fraction of sp³-hybridized carbons (Fsp3) is 0.786. The average molecular weight is 361 g/mol. The number of rotatable bonds is 7. The van der Waals surface area contributed by atoms with Crippen molar-refractivity contribution in [3.05, 3.63) is 16.4 Å². The first-order valence-corrected chi connectivity index (χ1v) is 8.20. The first-order chi connectivity index (χ1) is 10.2. The molecule has 2 atom stereocenters. The van der Waals surface area contributed by atoms with E-state index in [4.69, 9.17) is 9.47 Å². The van der Waals surface area contributed by atoms with Gasteiger partial charge in [-0.1, -0.05) is 6.92 Å². The van der Waals surface area contributed by atoms with Crippen LogP contribution in [0.25, 0.3) is 0 Å². The highest BCUT2D eigenvalue weighted by Gasteiger charge is 2.31. The van der Waals surface area contributed by atoms with Gasteiger partial charge < -0.3 is 19.7 Å². The highest BCUT2D eigenvalue weighted by Crippen LogP contribution is 2.28. The van der Waals surface area contributed by atoms with Crippen LogP contribution in [0.2, 0.25) is 0 Å². The molecule has 0 bridgehead atoms. The molecule has 1 aromatic rings. The summed E-state index contributed by atoms with van der Waals surface area (Å²) in [4.78, 5) is 2.31. The fourth-order valence-electron chi connectivity index (χ4n) is 2.67. The Morgan fingerprint density at radius 2 is 2.43 bits per heavy atom. The molecule has 1 aliphatic heterocycles. The van der Waals surface area contributed by atoms with E-state index in [-0.39, 0.29) is 12.1 Å². The van der Waals surface area contributed by atoms with Crippen molar-refractivity contribution in [2.75, 3.05) is 47.0 Å². The zero-order valence-corrected chi connectivity index (χ0v) is 14.6. The average Bonchev–Trinajstić information content (AvgIpc) is 2.83. The molecule has 0 saturated carbocycles. The summed E-state index contributed by atoms with van der Waals surface area (Å²) >= 11 is 3.63. The summed E-state index contributed by atoms with van der Waals surface area (Å²) in [7, 11) is 3.84. The number of aromatic nitrogens is 2. The maximum atomic E-state index is 6.00. The van der Waals surface area contributed by atoms with Crippen molar-refractivity contribution in [1.82, 2.24) is 20.0 Å². The Bertz CT molecular complexity index is 441. The van der Waals surface area contributed by atoms with Crippen LogP contribution >= 0.6 is 15.9 Å². The Hall–Kier alpha value is -0.470.